The lowest BCUT2D eigenvalue weighted by Gasteiger charge is -2.23. The number of aromatic nitrogens is 1. The molecule has 0 bridgehead atoms. The highest BCUT2D eigenvalue weighted by atomic mass is 32.1. The highest BCUT2D eigenvalue weighted by molar-refractivity contribution is 7.21. The number of fused-ring (bicyclic) bond motifs is 5. The fraction of sp³-hybridized carbons (Fsp3) is 0.346. The summed E-state index contributed by atoms with van der Waals surface area (Å²) < 4.78 is 9.78. The molecule has 3 aromatic rings. The zero-order chi connectivity index (χ0) is 21.5. The predicted octanol–water partition coefficient (Wildman–Crippen LogP) is 7.02. The molecule has 31 heavy (non-hydrogen) atoms. The van der Waals surface area contributed by atoms with Crippen molar-refractivity contribution in [3.05, 3.63) is 58.5 Å². The number of rotatable bonds is 4. The molecule has 0 amide bonds. The van der Waals surface area contributed by atoms with Crippen LogP contribution in [-0.4, -0.2) is 22.2 Å². The Labute approximate surface area is 186 Å². The smallest absolute Gasteiger partial charge is 0.345 e. The first-order chi connectivity index (χ1) is 15.1. The average Bonchev–Trinajstić information content (AvgIpc) is 3.26. The van der Waals surface area contributed by atoms with Gasteiger partial charge in [-0.1, -0.05) is 50.1 Å². The summed E-state index contributed by atoms with van der Waals surface area (Å²) in [5.41, 5.74) is 6.99. The molecule has 3 heterocycles. The van der Waals surface area contributed by atoms with Gasteiger partial charge in [-0.05, 0) is 48.9 Å². The van der Waals surface area contributed by atoms with E-state index in [0.29, 0.717) is 23.9 Å². The molecule has 1 aliphatic heterocycles. The van der Waals surface area contributed by atoms with Crippen molar-refractivity contribution in [3.8, 4) is 17.0 Å². The number of ether oxygens (including phenoxy) is 1. The van der Waals surface area contributed by atoms with E-state index in [1.54, 1.807) is 6.08 Å². The van der Waals surface area contributed by atoms with Gasteiger partial charge in [0.05, 0.1) is 22.5 Å². The van der Waals surface area contributed by atoms with Gasteiger partial charge < -0.3 is 14.4 Å². The van der Waals surface area contributed by atoms with E-state index in [2.05, 4.69) is 36.3 Å². The highest BCUT2D eigenvalue weighted by Crippen LogP contribution is 2.50. The number of hydrogen-bond donors (Lipinski definition) is 1. The molecule has 2 aromatic heterocycles. The Morgan fingerprint density at radius 1 is 1.29 bits per heavy atom. The van der Waals surface area contributed by atoms with Gasteiger partial charge in [0.1, 0.15) is 17.2 Å². The van der Waals surface area contributed by atoms with Gasteiger partial charge in [0.25, 0.3) is 0 Å². The van der Waals surface area contributed by atoms with E-state index in [-0.39, 0.29) is 0 Å². The summed E-state index contributed by atoms with van der Waals surface area (Å²) in [6, 6.07) is 6.20. The maximum Gasteiger partial charge on any atom is 0.345 e. The van der Waals surface area contributed by atoms with Crippen molar-refractivity contribution in [2.24, 2.45) is 0 Å². The Hall–Kier alpha value is -2.79. The normalized spacial score (nSPS) is 16.7. The minimum Gasteiger partial charge on any atom is -0.490 e. The number of carboxylic acids is 1. The summed E-state index contributed by atoms with van der Waals surface area (Å²) in [7, 11) is 0. The van der Waals surface area contributed by atoms with Gasteiger partial charge in [-0.3, -0.25) is 0 Å². The van der Waals surface area contributed by atoms with E-state index in [4.69, 9.17) is 4.74 Å². The number of carbonyl (C=O) groups is 1. The van der Waals surface area contributed by atoms with Gasteiger partial charge in [0, 0.05) is 11.1 Å². The number of hydrogen-bond acceptors (Lipinski definition) is 3. The molecule has 5 heteroatoms. The minimum atomic E-state index is -0.845. The van der Waals surface area contributed by atoms with Crippen LogP contribution in [0, 0.1) is 6.92 Å². The number of benzene rings is 1. The topological polar surface area (TPSA) is 51.5 Å². The maximum atomic E-state index is 11.7. The van der Waals surface area contributed by atoms with Crippen LogP contribution in [0.2, 0.25) is 0 Å². The highest BCUT2D eigenvalue weighted by Gasteiger charge is 2.31. The Balaban J connectivity index is 1.82. The van der Waals surface area contributed by atoms with Gasteiger partial charge in [0.15, 0.2) is 0 Å². The number of carboxylic acid groups (broad SMARTS) is 1. The summed E-state index contributed by atoms with van der Waals surface area (Å²) in [6.45, 7) is 7.20. The van der Waals surface area contributed by atoms with E-state index in [1.165, 1.54) is 47.4 Å². The van der Waals surface area contributed by atoms with Crippen LogP contribution in [0.15, 0.2) is 36.9 Å². The van der Waals surface area contributed by atoms with Crippen LogP contribution in [0.4, 0.5) is 0 Å². The number of allylic oxidation sites excluding steroid dienone is 2. The van der Waals surface area contributed by atoms with Gasteiger partial charge in [0.2, 0.25) is 0 Å². The third kappa shape index (κ3) is 3.32. The first-order valence-electron chi connectivity index (χ1n) is 11.0. The van der Waals surface area contributed by atoms with Crippen LogP contribution in [0.25, 0.3) is 27.6 Å². The molecular formula is C26H27NO3S. The summed E-state index contributed by atoms with van der Waals surface area (Å²) in [5.74, 6) is 0.549. The largest absolute Gasteiger partial charge is 0.490 e. The third-order valence-corrected chi connectivity index (χ3v) is 7.77. The molecule has 0 atom stereocenters. The Bertz CT molecular complexity index is 1210. The van der Waals surface area contributed by atoms with E-state index in [0.717, 1.165) is 39.9 Å². The fourth-order valence-electron chi connectivity index (χ4n) is 5.20. The van der Waals surface area contributed by atoms with Crippen molar-refractivity contribution in [2.75, 3.05) is 6.61 Å². The molecule has 160 valence electrons. The Morgan fingerprint density at radius 3 is 2.84 bits per heavy atom. The van der Waals surface area contributed by atoms with E-state index in [9.17, 15) is 9.90 Å². The van der Waals surface area contributed by atoms with Crippen LogP contribution >= 0.6 is 11.3 Å². The molecule has 1 aliphatic carbocycles. The zero-order valence-corrected chi connectivity index (χ0v) is 18.6. The van der Waals surface area contributed by atoms with Crippen molar-refractivity contribution >= 4 is 33.6 Å². The standard InChI is InChI=1S/C26H27NO3S/c1-3-4-10-18-16(2)11-12-19-23-22(17-8-6-5-7-9-17)25-20(15-21(31-25)26(28)29)27(23)13-14-30-24(18)19/h3-4,10-12,15,17H,1,5-9,13-14H2,2H3,(H,28,29)/b10-4-. The van der Waals surface area contributed by atoms with Gasteiger partial charge in [-0.25, -0.2) is 4.79 Å². The number of thiophene rings is 1. The lowest BCUT2D eigenvalue weighted by Crippen LogP contribution is -2.08. The third-order valence-electron chi connectivity index (χ3n) is 6.63. The molecule has 1 N–H and O–H groups in total. The number of aromatic carboxylic acids is 1. The Kier molecular flexibility index (Phi) is 5.22. The molecule has 0 unspecified atom stereocenters. The van der Waals surface area contributed by atoms with E-state index < -0.39 is 5.97 Å². The van der Waals surface area contributed by atoms with Crippen molar-refractivity contribution in [1.82, 2.24) is 4.57 Å². The van der Waals surface area contributed by atoms with Crippen LogP contribution in [0.3, 0.4) is 0 Å². The molecule has 0 saturated heterocycles. The lowest BCUT2D eigenvalue weighted by atomic mass is 9.82. The average molecular weight is 434 g/mol. The molecule has 0 spiro atoms. The van der Waals surface area contributed by atoms with Crippen LogP contribution in [-0.2, 0) is 6.54 Å². The zero-order valence-electron chi connectivity index (χ0n) is 17.8. The summed E-state index contributed by atoms with van der Waals surface area (Å²) in [4.78, 5) is 12.2. The monoisotopic (exact) mass is 433 g/mol. The second-order valence-corrected chi connectivity index (χ2v) is 9.55. The quantitative estimate of drug-likeness (QED) is 0.450. The van der Waals surface area contributed by atoms with Crippen molar-refractivity contribution in [1.29, 1.82) is 0 Å². The molecular weight excluding hydrogens is 406 g/mol. The summed E-state index contributed by atoms with van der Waals surface area (Å²) in [6.07, 6.45) is 11.9. The molecule has 4 nitrogen and oxygen atoms in total. The first-order valence-corrected chi connectivity index (χ1v) is 11.9. The second kappa shape index (κ2) is 8.04. The molecule has 2 aliphatic rings. The van der Waals surface area contributed by atoms with Crippen molar-refractivity contribution in [3.63, 3.8) is 0 Å². The fourth-order valence-corrected chi connectivity index (χ4v) is 6.32. The van der Waals surface area contributed by atoms with Gasteiger partial charge in [-0.15, -0.1) is 11.3 Å². The molecule has 1 fully saturated rings. The Morgan fingerprint density at radius 2 is 2.10 bits per heavy atom. The molecule has 1 saturated carbocycles. The van der Waals surface area contributed by atoms with Crippen LogP contribution < -0.4 is 4.74 Å². The minimum absolute atomic E-state index is 0.418. The van der Waals surface area contributed by atoms with Crippen LogP contribution in [0.5, 0.6) is 5.75 Å². The SMILES string of the molecule is C=C/C=C\c1c(C)ccc2c1OCCn1c-2c(C2CCCCC2)c2sc(C(=O)O)cc21. The number of aryl methyl sites for hydroxylation is 1. The summed E-state index contributed by atoms with van der Waals surface area (Å²) >= 11 is 1.43. The van der Waals surface area contributed by atoms with Crippen molar-refractivity contribution in [2.45, 2.75) is 51.5 Å². The molecule has 1 aromatic carbocycles. The molecule has 5 rings (SSSR count). The summed E-state index contributed by atoms with van der Waals surface area (Å²) in [5, 5.41) is 9.63. The van der Waals surface area contributed by atoms with Gasteiger partial charge >= 0.3 is 5.97 Å². The predicted molar refractivity (Wildman–Crippen MR) is 127 cm³/mol. The maximum absolute atomic E-state index is 11.7. The lowest BCUT2D eigenvalue weighted by molar-refractivity contribution is 0.0702. The van der Waals surface area contributed by atoms with Crippen molar-refractivity contribution < 1.29 is 14.6 Å². The van der Waals surface area contributed by atoms with E-state index >= 15 is 0 Å². The first kappa shape index (κ1) is 20.1. The van der Waals surface area contributed by atoms with Gasteiger partial charge in [-0.2, -0.15) is 0 Å². The second-order valence-electron chi connectivity index (χ2n) is 8.50. The molecule has 0 radical (unpaired) electrons. The number of nitrogens with zero attached hydrogens (tertiary/aromatic N) is 1. The van der Waals surface area contributed by atoms with Crippen LogP contribution in [0.1, 0.15) is 64.4 Å². The van der Waals surface area contributed by atoms with E-state index in [1.807, 2.05) is 12.1 Å².